The number of carbonyl (C=O) groups is 2. The first kappa shape index (κ1) is 23.9. The highest BCUT2D eigenvalue weighted by Crippen LogP contribution is 2.36. The maximum atomic E-state index is 13.3. The van der Waals surface area contributed by atoms with Gasteiger partial charge in [0.05, 0.1) is 11.9 Å². The summed E-state index contributed by atoms with van der Waals surface area (Å²) in [7, 11) is -2.33. The Balaban J connectivity index is 1.90. The largest absolute Gasteiger partial charge is 0.454 e. The van der Waals surface area contributed by atoms with Crippen LogP contribution in [0, 0.1) is 0 Å². The Kier molecular flexibility index (Phi) is 7.29. The van der Waals surface area contributed by atoms with Gasteiger partial charge in [-0.1, -0.05) is 28.1 Å². The summed E-state index contributed by atoms with van der Waals surface area (Å²) in [5, 5.41) is 2.54. The molecule has 9 nitrogen and oxygen atoms in total. The number of hydrogen-bond donors (Lipinski definition) is 1. The molecule has 2 aromatic rings. The van der Waals surface area contributed by atoms with Crippen LogP contribution in [-0.4, -0.2) is 57.8 Å². The molecular formula is C21H24BrN3O6S. The van der Waals surface area contributed by atoms with Crippen LogP contribution in [0.15, 0.2) is 46.9 Å². The molecule has 32 heavy (non-hydrogen) atoms. The molecule has 0 bridgehead atoms. The summed E-state index contributed by atoms with van der Waals surface area (Å²) < 4.78 is 37.6. The number of likely N-dealkylation sites (N-methyl/N-ethyl adjacent to an activating group) is 1. The monoisotopic (exact) mass is 525 g/mol. The molecule has 3 rings (SSSR count). The van der Waals surface area contributed by atoms with Crippen molar-refractivity contribution in [3.05, 3.63) is 52.5 Å². The minimum absolute atomic E-state index is 0.0429. The number of anilines is 1. The van der Waals surface area contributed by atoms with E-state index >= 15 is 0 Å². The third-order valence-corrected chi connectivity index (χ3v) is 6.67. The Hall–Kier alpha value is -2.79. The average molecular weight is 526 g/mol. The third kappa shape index (κ3) is 5.52. The number of nitrogens with zero attached hydrogens (tertiary/aromatic N) is 2. The van der Waals surface area contributed by atoms with Crippen molar-refractivity contribution in [2.45, 2.75) is 19.5 Å². The van der Waals surface area contributed by atoms with Crippen LogP contribution < -0.4 is 19.1 Å². The second-order valence-electron chi connectivity index (χ2n) is 7.25. The summed E-state index contributed by atoms with van der Waals surface area (Å²) in [6.07, 6.45) is 1.02. The van der Waals surface area contributed by atoms with Crippen LogP contribution in [0.3, 0.4) is 0 Å². The molecule has 0 radical (unpaired) electrons. The Morgan fingerprint density at radius 1 is 1.12 bits per heavy atom. The first-order chi connectivity index (χ1) is 15.1. The zero-order valence-corrected chi connectivity index (χ0v) is 20.3. The standard InChI is InChI=1S/C21H24BrN3O6S/c1-14(21(27)23-2)24(11-15-4-6-16(22)7-5-15)20(26)12-25(32(3,28)29)17-8-9-18-19(10-17)31-13-30-18/h4-10,14H,11-13H2,1-3H3,(H,23,27)/t14-/m0/s1. The van der Waals surface area contributed by atoms with E-state index in [0.717, 1.165) is 20.6 Å². The summed E-state index contributed by atoms with van der Waals surface area (Å²) in [6.45, 7) is 1.30. The summed E-state index contributed by atoms with van der Waals surface area (Å²) in [4.78, 5) is 27.0. The SMILES string of the molecule is CNC(=O)[C@H](C)N(Cc1ccc(Br)cc1)C(=O)CN(c1ccc2c(c1)OCO2)S(C)(=O)=O. The molecule has 11 heteroatoms. The van der Waals surface area contributed by atoms with E-state index in [9.17, 15) is 18.0 Å². The molecule has 1 aliphatic rings. The Labute approximate surface area is 195 Å². The molecule has 0 fully saturated rings. The van der Waals surface area contributed by atoms with Gasteiger partial charge in [-0.05, 0) is 36.8 Å². The lowest BCUT2D eigenvalue weighted by molar-refractivity contribution is -0.139. The van der Waals surface area contributed by atoms with Gasteiger partial charge in [-0.25, -0.2) is 8.42 Å². The quantitative estimate of drug-likeness (QED) is 0.565. The van der Waals surface area contributed by atoms with Gasteiger partial charge in [0.25, 0.3) is 0 Å². The van der Waals surface area contributed by atoms with Crippen LogP contribution in [0.2, 0.25) is 0 Å². The van der Waals surface area contributed by atoms with Crippen molar-refractivity contribution in [3.63, 3.8) is 0 Å². The van der Waals surface area contributed by atoms with Crippen molar-refractivity contribution >= 4 is 43.5 Å². The number of rotatable bonds is 8. The summed E-state index contributed by atoms with van der Waals surface area (Å²) in [6, 6.07) is 11.2. The number of sulfonamides is 1. The first-order valence-electron chi connectivity index (χ1n) is 9.73. The van der Waals surface area contributed by atoms with E-state index < -0.39 is 28.5 Å². The molecule has 1 atom stereocenters. The Morgan fingerprint density at radius 2 is 1.78 bits per heavy atom. The van der Waals surface area contributed by atoms with Gasteiger partial charge in [0.2, 0.25) is 28.6 Å². The number of ether oxygens (including phenoxy) is 2. The zero-order valence-electron chi connectivity index (χ0n) is 17.9. The number of amides is 2. The fourth-order valence-corrected chi connectivity index (χ4v) is 4.34. The highest BCUT2D eigenvalue weighted by Gasteiger charge is 2.30. The highest BCUT2D eigenvalue weighted by molar-refractivity contribution is 9.10. The van der Waals surface area contributed by atoms with Crippen LogP contribution in [0.4, 0.5) is 5.69 Å². The van der Waals surface area contributed by atoms with Gasteiger partial charge in [0.15, 0.2) is 11.5 Å². The molecule has 0 unspecified atom stereocenters. The van der Waals surface area contributed by atoms with E-state index in [0.29, 0.717) is 11.5 Å². The number of halogens is 1. The van der Waals surface area contributed by atoms with Gasteiger partial charge in [0.1, 0.15) is 12.6 Å². The van der Waals surface area contributed by atoms with E-state index in [2.05, 4.69) is 21.2 Å². The predicted molar refractivity (Wildman–Crippen MR) is 123 cm³/mol. The molecule has 0 aliphatic carbocycles. The predicted octanol–water partition coefficient (Wildman–Crippen LogP) is 2.11. The zero-order chi connectivity index (χ0) is 23.5. The third-order valence-electron chi connectivity index (χ3n) is 5.00. The van der Waals surface area contributed by atoms with Crippen LogP contribution in [0.1, 0.15) is 12.5 Å². The summed E-state index contributed by atoms with van der Waals surface area (Å²) in [5.41, 5.74) is 1.06. The van der Waals surface area contributed by atoms with Crippen molar-refractivity contribution < 1.29 is 27.5 Å². The smallest absolute Gasteiger partial charge is 0.244 e. The van der Waals surface area contributed by atoms with Gasteiger partial charge in [-0.15, -0.1) is 0 Å². The lowest BCUT2D eigenvalue weighted by Crippen LogP contribution is -2.50. The molecule has 2 amide bonds. The molecular weight excluding hydrogens is 502 g/mol. The van der Waals surface area contributed by atoms with Crippen molar-refractivity contribution in [2.24, 2.45) is 0 Å². The second-order valence-corrected chi connectivity index (χ2v) is 10.1. The van der Waals surface area contributed by atoms with Gasteiger partial charge < -0.3 is 19.7 Å². The van der Waals surface area contributed by atoms with Gasteiger partial charge in [-0.2, -0.15) is 0 Å². The fraction of sp³-hybridized carbons (Fsp3) is 0.333. The number of benzene rings is 2. The van der Waals surface area contributed by atoms with Crippen molar-refractivity contribution in [1.29, 1.82) is 0 Å². The lowest BCUT2D eigenvalue weighted by Gasteiger charge is -2.31. The summed E-state index contributed by atoms with van der Waals surface area (Å²) >= 11 is 3.37. The van der Waals surface area contributed by atoms with Crippen molar-refractivity contribution in [1.82, 2.24) is 10.2 Å². The highest BCUT2D eigenvalue weighted by atomic mass is 79.9. The minimum atomic E-state index is -3.81. The summed E-state index contributed by atoms with van der Waals surface area (Å²) in [5.74, 6) is 0.0178. The molecule has 2 aromatic carbocycles. The molecule has 0 saturated heterocycles. The molecule has 0 aromatic heterocycles. The van der Waals surface area contributed by atoms with Crippen molar-refractivity contribution in [2.75, 3.05) is 30.9 Å². The number of hydrogen-bond acceptors (Lipinski definition) is 6. The molecule has 172 valence electrons. The van der Waals surface area contributed by atoms with Gasteiger partial charge in [0, 0.05) is 24.1 Å². The number of nitrogens with one attached hydrogen (secondary N) is 1. The van der Waals surface area contributed by atoms with Crippen LogP contribution in [0.5, 0.6) is 11.5 Å². The molecule has 1 heterocycles. The Morgan fingerprint density at radius 3 is 2.41 bits per heavy atom. The van der Waals surface area contributed by atoms with Crippen LogP contribution >= 0.6 is 15.9 Å². The first-order valence-corrected chi connectivity index (χ1v) is 12.4. The fourth-order valence-electron chi connectivity index (χ4n) is 3.23. The van der Waals surface area contributed by atoms with Crippen LogP contribution in [-0.2, 0) is 26.2 Å². The Bertz CT molecular complexity index is 1110. The van der Waals surface area contributed by atoms with Crippen molar-refractivity contribution in [3.8, 4) is 11.5 Å². The molecule has 0 saturated carbocycles. The second kappa shape index (κ2) is 9.78. The number of fused-ring (bicyclic) bond motifs is 1. The van der Waals surface area contributed by atoms with Gasteiger partial charge in [-0.3, -0.25) is 13.9 Å². The molecule has 1 N–H and O–H groups in total. The molecule has 0 spiro atoms. The van der Waals surface area contributed by atoms with E-state index in [1.165, 1.54) is 18.0 Å². The van der Waals surface area contributed by atoms with Gasteiger partial charge >= 0.3 is 0 Å². The van der Waals surface area contributed by atoms with E-state index in [-0.39, 0.29) is 24.9 Å². The maximum Gasteiger partial charge on any atom is 0.244 e. The maximum absolute atomic E-state index is 13.3. The normalized spacial score (nSPS) is 13.4. The minimum Gasteiger partial charge on any atom is -0.454 e. The molecule has 1 aliphatic heterocycles. The van der Waals surface area contributed by atoms with E-state index in [1.807, 2.05) is 24.3 Å². The average Bonchev–Trinajstić information content (AvgIpc) is 3.23. The topological polar surface area (TPSA) is 105 Å². The van der Waals surface area contributed by atoms with E-state index in [4.69, 9.17) is 9.47 Å². The lowest BCUT2D eigenvalue weighted by atomic mass is 10.1. The van der Waals surface area contributed by atoms with E-state index in [1.54, 1.807) is 19.1 Å². The number of carbonyl (C=O) groups excluding carboxylic acids is 2. The van der Waals surface area contributed by atoms with Crippen LogP contribution in [0.25, 0.3) is 0 Å².